The third-order valence-electron chi connectivity index (χ3n) is 6.81. The second-order valence-electron chi connectivity index (χ2n) is 9.86. The molecule has 2 amide bonds. The van der Waals surface area contributed by atoms with Gasteiger partial charge in [-0.1, -0.05) is 44.9 Å². The fraction of sp³-hybridized carbons (Fsp3) is 0.517. The van der Waals surface area contributed by atoms with Crippen LogP contribution in [-0.4, -0.2) is 68.0 Å². The molecule has 0 N–H and O–H groups in total. The van der Waals surface area contributed by atoms with Crippen molar-refractivity contribution < 1.29 is 14.3 Å². The fourth-order valence-electron chi connectivity index (χ4n) is 4.60. The van der Waals surface area contributed by atoms with Crippen molar-refractivity contribution in [1.29, 1.82) is 0 Å². The van der Waals surface area contributed by atoms with E-state index in [2.05, 4.69) is 13.8 Å². The first-order valence-corrected chi connectivity index (χ1v) is 12.9. The SMILES string of the molecule is CCN1CCCCCCN(C(=O)c2cccc(N(C)C)c2)[C@@H](C(C)C)COc2ccccc2C1=O. The maximum atomic E-state index is 13.8. The van der Waals surface area contributed by atoms with E-state index in [1.807, 2.05) is 84.2 Å². The molecular formula is C29H41N3O3. The topological polar surface area (TPSA) is 53.1 Å². The average Bonchev–Trinajstić information content (AvgIpc) is 2.86. The molecule has 0 fully saturated rings. The third kappa shape index (κ3) is 6.77. The molecule has 1 aliphatic heterocycles. The van der Waals surface area contributed by atoms with Crippen LogP contribution in [0.4, 0.5) is 5.69 Å². The molecule has 0 radical (unpaired) electrons. The van der Waals surface area contributed by atoms with E-state index in [4.69, 9.17) is 4.74 Å². The minimum atomic E-state index is -0.112. The maximum Gasteiger partial charge on any atom is 0.257 e. The van der Waals surface area contributed by atoms with Gasteiger partial charge in [0.2, 0.25) is 0 Å². The molecule has 190 valence electrons. The van der Waals surface area contributed by atoms with Crippen molar-refractivity contribution in [3.05, 3.63) is 59.7 Å². The lowest BCUT2D eigenvalue weighted by Gasteiger charge is -2.35. The van der Waals surface area contributed by atoms with Crippen LogP contribution in [0, 0.1) is 5.92 Å². The van der Waals surface area contributed by atoms with E-state index in [9.17, 15) is 9.59 Å². The zero-order valence-electron chi connectivity index (χ0n) is 22.0. The summed E-state index contributed by atoms with van der Waals surface area (Å²) in [7, 11) is 3.96. The Labute approximate surface area is 210 Å². The number of hydrogen-bond donors (Lipinski definition) is 0. The smallest absolute Gasteiger partial charge is 0.257 e. The van der Waals surface area contributed by atoms with Crippen LogP contribution >= 0.6 is 0 Å². The normalized spacial score (nSPS) is 18.0. The number of anilines is 1. The molecule has 6 nitrogen and oxygen atoms in total. The Morgan fingerprint density at radius 1 is 1.03 bits per heavy atom. The highest BCUT2D eigenvalue weighted by Gasteiger charge is 2.29. The summed E-state index contributed by atoms with van der Waals surface area (Å²) in [6, 6.07) is 15.2. The Balaban J connectivity index is 1.94. The first-order valence-electron chi connectivity index (χ1n) is 12.9. The van der Waals surface area contributed by atoms with Crippen LogP contribution in [0.25, 0.3) is 0 Å². The third-order valence-corrected chi connectivity index (χ3v) is 6.81. The Morgan fingerprint density at radius 3 is 2.43 bits per heavy atom. The second kappa shape index (κ2) is 12.6. The summed E-state index contributed by atoms with van der Waals surface area (Å²) in [6.07, 6.45) is 3.94. The number of rotatable bonds is 4. The monoisotopic (exact) mass is 479 g/mol. The average molecular weight is 480 g/mol. The minimum Gasteiger partial charge on any atom is -0.491 e. The molecule has 2 aromatic rings. The number of fused-ring (bicyclic) bond motifs is 1. The lowest BCUT2D eigenvalue weighted by Crippen LogP contribution is -2.47. The summed E-state index contributed by atoms with van der Waals surface area (Å²) in [4.78, 5) is 33.0. The van der Waals surface area contributed by atoms with Crippen molar-refractivity contribution in [1.82, 2.24) is 9.80 Å². The molecule has 0 unspecified atom stereocenters. The van der Waals surface area contributed by atoms with Crippen molar-refractivity contribution in [2.45, 2.75) is 52.5 Å². The highest BCUT2D eigenvalue weighted by Crippen LogP contribution is 2.25. The van der Waals surface area contributed by atoms with Gasteiger partial charge in [-0.2, -0.15) is 0 Å². The van der Waals surface area contributed by atoms with E-state index in [1.165, 1.54) is 0 Å². The molecule has 3 rings (SSSR count). The van der Waals surface area contributed by atoms with Crippen molar-refractivity contribution in [3.63, 3.8) is 0 Å². The number of carbonyl (C=O) groups excluding carboxylic acids is 2. The van der Waals surface area contributed by atoms with Gasteiger partial charge in [0.1, 0.15) is 12.4 Å². The quantitative estimate of drug-likeness (QED) is 0.594. The molecule has 0 aliphatic carbocycles. The summed E-state index contributed by atoms with van der Waals surface area (Å²) in [5.41, 5.74) is 2.28. The van der Waals surface area contributed by atoms with Gasteiger partial charge in [0.25, 0.3) is 11.8 Å². The molecule has 0 aromatic heterocycles. The number of hydrogen-bond acceptors (Lipinski definition) is 4. The van der Waals surface area contributed by atoms with Gasteiger partial charge in [-0.05, 0) is 56.0 Å². The summed E-state index contributed by atoms with van der Waals surface area (Å²) < 4.78 is 6.30. The minimum absolute atomic E-state index is 0.00897. The molecule has 1 heterocycles. The molecule has 2 aromatic carbocycles. The second-order valence-corrected chi connectivity index (χ2v) is 9.86. The van der Waals surface area contributed by atoms with E-state index in [1.54, 1.807) is 0 Å². The van der Waals surface area contributed by atoms with Gasteiger partial charge in [-0.3, -0.25) is 9.59 Å². The van der Waals surface area contributed by atoms with Crippen molar-refractivity contribution >= 4 is 17.5 Å². The number of amides is 2. The lowest BCUT2D eigenvalue weighted by atomic mass is 10.0. The summed E-state index contributed by atoms with van der Waals surface area (Å²) in [5.74, 6) is 0.818. The number of benzene rings is 2. The molecule has 0 saturated carbocycles. The van der Waals surface area contributed by atoms with Crippen molar-refractivity contribution in [2.24, 2.45) is 5.92 Å². The molecule has 0 bridgehead atoms. The van der Waals surface area contributed by atoms with E-state index < -0.39 is 0 Å². The van der Waals surface area contributed by atoms with Gasteiger partial charge >= 0.3 is 0 Å². The highest BCUT2D eigenvalue weighted by molar-refractivity contribution is 5.97. The molecule has 0 saturated heterocycles. The van der Waals surface area contributed by atoms with Crippen LogP contribution in [-0.2, 0) is 0 Å². The number of carbonyl (C=O) groups is 2. The first-order chi connectivity index (χ1) is 16.8. The van der Waals surface area contributed by atoms with Gasteiger partial charge in [0.15, 0.2) is 0 Å². The summed E-state index contributed by atoms with van der Waals surface area (Å²) in [6.45, 7) is 8.72. The molecule has 0 spiro atoms. The van der Waals surface area contributed by atoms with Crippen LogP contribution in [0.3, 0.4) is 0 Å². The zero-order chi connectivity index (χ0) is 25.4. The van der Waals surface area contributed by atoms with Crippen LogP contribution < -0.4 is 9.64 Å². The molecule has 35 heavy (non-hydrogen) atoms. The predicted octanol–water partition coefficient (Wildman–Crippen LogP) is 5.33. The van der Waals surface area contributed by atoms with Gasteiger partial charge in [0.05, 0.1) is 11.6 Å². The standard InChI is InChI=1S/C29H41N3O3/c1-6-31-18-11-7-8-12-19-32(28(33)23-14-13-15-24(20-23)30(4)5)26(22(2)3)21-35-27-17-10-9-16-25(27)29(31)34/h9-10,13-17,20,22,26H,6-8,11-12,18-19,21H2,1-5H3/t26-/m1/s1. The summed E-state index contributed by atoms with van der Waals surface area (Å²) in [5, 5.41) is 0. The predicted molar refractivity (Wildman–Crippen MR) is 142 cm³/mol. The van der Waals surface area contributed by atoms with Crippen LogP contribution in [0.1, 0.15) is 67.2 Å². The largest absolute Gasteiger partial charge is 0.491 e. The number of nitrogens with zero attached hydrogens (tertiary/aromatic N) is 3. The number of ether oxygens (including phenoxy) is 1. The Hall–Kier alpha value is -3.02. The van der Waals surface area contributed by atoms with E-state index in [-0.39, 0.29) is 23.8 Å². The Morgan fingerprint density at radius 2 is 1.74 bits per heavy atom. The zero-order valence-corrected chi connectivity index (χ0v) is 22.0. The van der Waals surface area contributed by atoms with E-state index in [0.29, 0.717) is 36.6 Å². The lowest BCUT2D eigenvalue weighted by molar-refractivity contribution is 0.0521. The van der Waals surface area contributed by atoms with Crippen LogP contribution in [0.2, 0.25) is 0 Å². The van der Waals surface area contributed by atoms with Gasteiger partial charge in [-0.25, -0.2) is 0 Å². The molecular weight excluding hydrogens is 438 g/mol. The van der Waals surface area contributed by atoms with Crippen LogP contribution in [0.5, 0.6) is 5.75 Å². The van der Waals surface area contributed by atoms with Gasteiger partial charge in [-0.15, -0.1) is 0 Å². The van der Waals surface area contributed by atoms with Crippen molar-refractivity contribution in [3.8, 4) is 5.75 Å². The molecule has 1 aliphatic rings. The van der Waals surface area contributed by atoms with Gasteiger partial charge < -0.3 is 19.4 Å². The Bertz CT molecular complexity index is 989. The highest BCUT2D eigenvalue weighted by atomic mass is 16.5. The Kier molecular flexibility index (Phi) is 9.58. The van der Waals surface area contributed by atoms with E-state index in [0.717, 1.165) is 37.9 Å². The maximum absolute atomic E-state index is 13.8. The van der Waals surface area contributed by atoms with E-state index >= 15 is 0 Å². The fourth-order valence-corrected chi connectivity index (χ4v) is 4.60. The first kappa shape index (κ1) is 26.6. The van der Waals surface area contributed by atoms with Crippen molar-refractivity contribution in [2.75, 3.05) is 45.2 Å². The summed E-state index contributed by atoms with van der Waals surface area (Å²) >= 11 is 0. The molecule has 6 heteroatoms. The molecule has 1 atom stereocenters. The van der Waals surface area contributed by atoms with Crippen LogP contribution in [0.15, 0.2) is 48.5 Å². The van der Waals surface area contributed by atoms with Gasteiger partial charge in [0, 0.05) is 45.0 Å². The number of para-hydroxylation sites is 1.